The zero-order chi connectivity index (χ0) is 10.8. The van der Waals surface area contributed by atoms with Crippen molar-refractivity contribution < 1.29 is 14.1 Å². The number of aryl methyl sites for hydroxylation is 1. The molecule has 0 bridgehead atoms. The summed E-state index contributed by atoms with van der Waals surface area (Å²) in [6, 6.07) is 7.08. The summed E-state index contributed by atoms with van der Waals surface area (Å²) >= 11 is 0. The third-order valence-corrected chi connectivity index (χ3v) is 2.61. The second-order valence-electron chi connectivity index (χ2n) is 3.54. The van der Waals surface area contributed by atoms with Gasteiger partial charge in [0.25, 0.3) is 0 Å². The van der Waals surface area contributed by atoms with Crippen LogP contribution >= 0.6 is 7.14 Å². The standard InChI is InChI=1S/C10H13O3P/c1-8-5-4-6-9(7-8)13-10(11)14(2,3)12/h4-7H,1-3H3. The average molecular weight is 212 g/mol. The Balaban J connectivity index is 2.80. The molecule has 0 fully saturated rings. The zero-order valence-corrected chi connectivity index (χ0v) is 9.38. The van der Waals surface area contributed by atoms with E-state index >= 15 is 0 Å². The molecule has 1 rings (SSSR count). The van der Waals surface area contributed by atoms with Gasteiger partial charge < -0.3 is 9.30 Å². The molecule has 0 aliphatic heterocycles. The smallest absolute Gasteiger partial charge is 0.368 e. The molecule has 0 aliphatic rings. The summed E-state index contributed by atoms with van der Waals surface area (Å²) in [5.74, 6) is 0.443. The maximum Gasteiger partial charge on any atom is 0.368 e. The first kappa shape index (κ1) is 11.0. The quantitative estimate of drug-likeness (QED) is 0.707. The molecule has 0 unspecified atom stereocenters. The maximum atomic E-state index is 11.3. The summed E-state index contributed by atoms with van der Waals surface area (Å²) < 4.78 is 16.3. The topological polar surface area (TPSA) is 43.4 Å². The van der Waals surface area contributed by atoms with Crippen LogP contribution in [0.15, 0.2) is 24.3 Å². The molecule has 0 aliphatic carbocycles. The van der Waals surface area contributed by atoms with E-state index < -0.39 is 12.9 Å². The molecule has 0 aromatic heterocycles. The largest absolute Gasteiger partial charge is 0.421 e. The fraction of sp³-hybridized carbons (Fsp3) is 0.300. The number of hydrogen-bond acceptors (Lipinski definition) is 3. The highest BCUT2D eigenvalue weighted by Gasteiger charge is 2.21. The first-order chi connectivity index (χ1) is 6.39. The highest BCUT2D eigenvalue weighted by molar-refractivity contribution is 7.78. The molecule has 0 atom stereocenters. The monoisotopic (exact) mass is 212 g/mol. The van der Waals surface area contributed by atoms with Crippen LogP contribution in [0.3, 0.4) is 0 Å². The van der Waals surface area contributed by atoms with E-state index in [2.05, 4.69) is 0 Å². The van der Waals surface area contributed by atoms with Crippen LogP contribution in [0.25, 0.3) is 0 Å². The van der Waals surface area contributed by atoms with Gasteiger partial charge in [0.1, 0.15) is 5.75 Å². The second kappa shape index (κ2) is 3.97. The number of benzene rings is 1. The lowest BCUT2D eigenvalue weighted by Crippen LogP contribution is -2.05. The Kier molecular flexibility index (Phi) is 3.12. The first-order valence-electron chi connectivity index (χ1n) is 4.23. The Bertz CT molecular complexity index is 392. The highest BCUT2D eigenvalue weighted by atomic mass is 31.2. The van der Waals surface area contributed by atoms with Gasteiger partial charge in [0, 0.05) is 0 Å². The van der Waals surface area contributed by atoms with Crippen LogP contribution in [0, 0.1) is 6.92 Å². The SMILES string of the molecule is Cc1cccc(OC(=O)P(C)(C)=O)c1. The van der Waals surface area contributed by atoms with Crippen molar-refractivity contribution in [2.45, 2.75) is 6.92 Å². The highest BCUT2D eigenvalue weighted by Crippen LogP contribution is 2.38. The van der Waals surface area contributed by atoms with E-state index in [0.717, 1.165) is 5.56 Å². The van der Waals surface area contributed by atoms with Gasteiger partial charge in [-0.1, -0.05) is 12.1 Å². The number of carbonyl (C=O) groups is 1. The van der Waals surface area contributed by atoms with Gasteiger partial charge in [0.2, 0.25) is 0 Å². The fourth-order valence-electron chi connectivity index (χ4n) is 0.890. The van der Waals surface area contributed by atoms with Crippen molar-refractivity contribution in [3.63, 3.8) is 0 Å². The minimum atomic E-state index is -2.80. The Morgan fingerprint density at radius 3 is 2.50 bits per heavy atom. The lowest BCUT2D eigenvalue weighted by atomic mass is 10.2. The normalized spacial score (nSPS) is 11.1. The van der Waals surface area contributed by atoms with E-state index in [9.17, 15) is 9.36 Å². The molecule has 0 N–H and O–H groups in total. The van der Waals surface area contributed by atoms with Crippen LogP contribution in [-0.2, 0) is 4.57 Å². The summed E-state index contributed by atoms with van der Waals surface area (Å²) in [5.41, 5.74) is 0.348. The van der Waals surface area contributed by atoms with E-state index in [-0.39, 0.29) is 0 Å². The van der Waals surface area contributed by atoms with E-state index in [1.807, 2.05) is 13.0 Å². The summed E-state index contributed by atoms with van der Waals surface area (Å²) in [5, 5.41) is 0. The molecular formula is C10H13O3P. The van der Waals surface area contributed by atoms with Crippen LogP contribution in [0.1, 0.15) is 5.56 Å². The van der Waals surface area contributed by atoms with Crippen molar-refractivity contribution in [2.24, 2.45) is 0 Å². The molecule has 0 saturated carbocycles. The van der Waals surface area contributed by atoms with Gasteiger partial charge in [-0.25, -0.2) is 4.79 Å². The zero-order valence-electron chi connectivity index (χ0n) is 8.48. The van der Waals surface area contributed by atoms with Crippen molar-refractivity contribution in [2.75, 3.05) is 13.3 Å². The van der Waals surface area contributed by atoms with Crippen molar-refractivity contribution in [1.82, 2.24) is 0 Å². The molecule has 0 saturated heterocycles. The van der Waals surface area contributed by atoms with Gasteiger partial charge in [-0.05, 0) is 37.9 Å². The second-order valence-corrected chi connectivity index (χ2v) is 6.60. The Morgan fingerprint density at radius 2 is 2.00 bits per heavy atom. The summed E-state index contributed by atoms with van der Waals surface area (Å²) in [6.07, 6.45) is 0. The Morgan fingerprint density at radius 1 is 1.36 bits per heavy atom. The Labute approximate surface area is 83.5 Å². The maximum absolute atomic E-state index is 11.3. The molecular weight excluding hydrogens is 199 g/mol. The van der Waals surface area contributed by atoms with Crippen molar-refractivity contribution in [3.05, 3.63) is 29.8 Å². The predicted molar refractivity (Wildman–Crippen MR) is 56.7 cm³/mol. The van der Waals surface area contributed by atoms with Crippen LogP contribution in [0.4, 0.5) is 4.79 Å². The lowest BCUT2D eigenvalue weighted by molar-refractivity contribution is 0.224. The lowest BCUT2D eigenvalue weighted by Gasteiger charge is -2.07. The molecule has 76 valence electrons. The third kappa shape index (κ3) is 3.00. The van der Waals surface area contributed by atoms with Gasteiger partial charge in [-0.15, -0.1) is 0 Å². The van der Waals surface area contributed by atoms with Gasteiger partial charge in [-0.2, -0.15) is 0 Å². The van der Waals surface area contributed by atoms with Gasteiger partial charge in [-0.3, -0.25) is 0 Å². The summed E-state index contributed by atoms with van der Waals surface area (Å²) in [6.45, 7) is 4.69. The Hall–Kier alpha value is -1.08. The molecule has 14 heavy (non-hydrogen) atoms. The molecule has 0 radical (unpaired) electrons. The van der Waals surface area contributed by atoms with E-state index in [1.54, 1.807) is 18.2 Å². The molecule has 4 heteroatoms. The van der Waals surface area contributed by atoms with Gasteiger partial charge in [0.05, 0.1) is 0 Å². The van der Waals surface area contributed by atoms with Crippen LogP contribution in [0.5, 0.6) is 5.75 Å². The molecule has 0 spiro atoms. The van der Waals surface area contributed by atoms with Crippen molar-refractivity contribution in [1.29, 1.82) is 0 Å². The predicted octanol–water partition coefficient (Wildman–Crippen LogP) is 3.12. The molecule has 1 aromatic rings. The van der Waals surface area contributed by atoms with Crippen LogP contribution in [0.2, 0.25) is 0 Å². The number of hydrogen-bond donors (Lipinski definition) is 0. The summed E-state index contributed by atoms with van der Waals surface area (Å²) in [7, 11) is -2.80. The minimum absolute atomic E-state index is 0.443. The average Bonchev–Trinajstić information content (AvgIpc) is 2.02. The van der Waals surface area contributed by atoms with Crippen molar-refractivity contribution >= 4 is 12.9 Å². The minimum Gasteiger partial charge on any atom is -0.421 e. The number of carbonyl (C=O) groups excluding carboxylic acids is 1. The fourth-order valence-corrected chi connectivity index (χ4v) is 1.21. The molecule has 3 nitrogen and oxygen atoms in total. The third-order valence-electron chi connectivity index (χ3n) is 1.63. The number of ether oxygens (including phenoxy) is 1. The molecule has 0 heterocycles. The van der Waals surface area contributed by atoms with E-state index in [1.165, 1.54) is 13.3 Å². The van der Waals surface area contributed by atoms with Gasteiger partial charge in [0.15, 0.2) is 7.14 Å². The van der Waals surface area contributed by atoms with E-state index in [4.69, 9.17) is 4.74 Å². The molecule has 0 amide bonds. The first-order valence-corrected chi connectivity index (χ1v) is 6.84. The van der Waals surface area contributed by atoms with Crippen LogP contribution < -0.4 is 4.74 Å². The number of rotatable bonds is 2. The van der Waals surface area contributed by atoms with Crippen LogP contribution in [-0.4, -0.2) is 19.0 Å². The molecule has 1 aromatic carbocycles. The summed E-state index contributed by atoms with van der Waals surface area (Å²) in [4.78, 5) is 11.3. The van der Waals surface area contributed by atoms with E-state index in [0.29, 0.717) is 5.75 Å². The van der Waals surface area contributed by atoms with Gasteiger partial charge >= 0.3 is 5.71 Å². The van der Waals surface area contributed by atoms with Crippen molar-refractivity contribution in [3.8, 4) is 5.75 Å².